The summed E-state index contributed by atoms with van der Waals surface area (Å²) in [5.41, 5.74) is 1.21. The number of aryl methyl sites for hydroxylation is 1. The zero-order chi connectivity index (χ0) is 13.7. The predicted octanol–water partition coefficient (Wildman–Crippen LogP) is 2.59. The standard InChI is InChI=1S/C15H21BrN2O/c1-17-13-6-4-10-18(11-13)15(19)9-8-12-5-2-3-7-14(12)16/h2-3,5,7,13,17H,4,6,8-11H2,1H3. The van der Waals surface area contributed by atoms with Gasteiger partial charge in [-0.25, -0.2) is 0 Å². The van der Waals surface area contributed by atoms with Crippen LogP contribution < -0.4 is 5.32 Å². The molecule has 0 spiro atoms. The van der Waals surface area contributed by atoms with E-state index < -0.39 is 0 Å². The fourth-order valence-corrected chi connectivity index (χ4v) is 3.02. The summed E-state index contributed by atoms with van der Waals surface area (Å²) in [7, 11) is 1.97. The summed E-state index contributed by atoms with van der Waals surface area (Å²) in [6.07, 6.45) is 3.68. The average molecular weight is 325 g/mol. The minimum absolute atomic E-state index is 0.274. The summed E-state index contributed by atoms with van der Waals surface area (Å²) >= 11 is 3.53. The van der Waals surface area contributed by atoms with Crippen LogP contribution in [0.15, 0.2) is 28.7 Å². The molecular formula is C15H21BrN2O. The second-order valence-electron chi connectivity index (χ2n) is 5.06. The Balaban J connectivity index is 1.86. The summed E-state index contributed by atoms with van der Waals surface area (Å²) < 4.78 is 1.09. The van der Waals surface area contributed by atoms with Crippen LogP contribution in [0.5, 0.6) is 0 Å². The molecule has 1 saturated heterocycles. The third-order valence-electron chi connectivity index (χ3n) is 3.75. The van der Waals surface area contributed by atoms with Crippen LogP contribution in [0.4, 0.5) is 0 Å². The molecular weight excluding hydrogens is 304 g/mol. The number of hydrogen-bond acceptors (Lipinski definition) is 2. The molecule has 0 radical (unpaired) electrons. The zero-order valence-electron chi connectivity index (χ0n) is 11.4. The van der Waals surface area contributed by atoms with Gasteiger partial charge in [0.15, 0.2) is 0 Å². The molecule has 4 heteroatoms. The lowest BCUT2D eigenvalue weighted by atomic mass is 10.0. The van der Waals surface area contributed by atoms with E-state index >= 15 is 0 Å². The third kappa shape index (κ3) is 4.05. The summed E-state index contributed by atoms with van der Waals surface area (Å²) in [6, 6.07) is 8.57. The van der Waals surface area contributed by atoms with Gasteiger partial charge in [0, 0.05) is 30.0 Å². The van der Waals surface area contributed by atoms with Gasteiger partial charge in [0.25, 0.3) is 0 Å². The minimum atomic E-state index is 0.274. The monoisotopic (exact) mass is 324 g/mol. The second kappa shape index (κ2) is 7.06. The van der Waals surface area contributed by atoms with Crippen LogP contribution in [0.1, 0.15) is 24.8 Å². The first kappa shape index (κ1) is 14.5. The Morgan fingerprint density at radius 1 is 1.47 bits per heavy atom. The molecule has 1 fully saturated rings. The molecule has 0 aromatic heterocycles. The van der Waals surface area contributed by atoms with Crippen LogP contribution in [0.3, 0.4) is 0 Å². The number of carbonyl (C=O) groups is 1. The number of halogens is 1. The number of likely N-dealkylation sites (N-methyl/N-ethyl adjacent to an activating group) is 1. The van der Waals surface area contributed by atoms with E-state index in [1.807, 2.05) is 30.1 Å². The van der Waals surface area contributed by atoms with Crippen LogP contribution in [-0.4, -0.2) is 37.0 Å². The first-order valence-corrected chi connectivity index (χ1v) is 7.68. The van der Waals surface area contributed by atoms with E-state index in [9.17, 15) is 4.79 Å². The molecule has 0 aliphatic carbocycles. The van der Waals surface area contributed by atoms with Crippen molar-refractivity contribution in [3.05, 3.63) is 34.3 Å². The number of amides is 1. The SMILES string of the molecule is CNC1CCCN(C(=O)CCc2ccccc2Br)C1. The Labute approximate surface area is 123 Å². The number of likely N-dealkylation sites (tertiary alicyclic amines) is 1. The summed E-state index contributed by atoms with van der Waals surface area (Å²) in [6.45, 7) is 1.76. The Morgan fingerprint density at radius 2 is 2.26 bits per heavy atom. The predicted molar refractivity (Wildman–Crippen MR) is 81.1 cm³/mol. The molecule has 1 unspecified atom stereocenters. The van der Waals surface area contributed by atoms with Crippen LogP contribution in [-0.2, 0) is 11.2 Å². The minimum Gasteiger partial charge on any atom is -0.341 e. The summed E-state index contributed by atoms with van der Waals surface area (Å²) in [4.78, 5) is 14.2. The second-order valence-corrected chi connectivity index (χ2v) is 5.91. The van der Waals surface area contributed by atoms with Crippen LogP contribution in [0.2, 0.25) is 0 Å². The number of rotatable bonds is 4. The highest BCUT2D eigenvalue weighted by Gasteiger charge is 2.22. The lowest BCUT2D eigenvalue weighted by molar-refractivity contribution is -0.132. The van der Waals surface area contributed by atoms with Gasteiger partial charge >= 0.3 is 0 Å². The van der Waals surface area contributed by atoms with E-state index in [0.29, 0.717) is 12.5 Å². The fourth-order valence-electron chi connectivity index (χ4n) is 2.54. The van der Waals surface area contributed by atoms with Crippen molar-refractivity contribution in [2.45, 2.75) is 31.7 Å². The molecule has 1 aromatic carbocycles. The van der Waals surface area contributed by atoms with E-state index in [4.69, 9.17) is 0 Å². The Morgan fingerprint density at radius 3 is 3.00 bits per heavy atom. The van der Waals surface area contributed by atoms with Gasteiger partial charge in [-0.1, -0.05) is 34.1 Å². The first-order valence-electron chi connectivity index (χ1n) is 6.89. The van der Waals surface area contributed by atoms with Crippen LogP contribution >= 0.6 is 15.9 Å². The van der Waals surface area contributed by atoms with Gasteiger partial charge in [-0.2, -0.15) is 0 Å². The molecule has 1 amide bonds. The molecule has 1 aliphatic heterocycles. The topological polar surface area (TPSA) is 32.3 Å². The number of nitrogens with zero attached hydrogens (tertiary/aromatic N) is 1. The van der Waals surface area contributed by atoms with Gasteiger partial charge in [0.2, 0.25) is 5.91 Å². The molecule has 1 atom stereocenters. The van der Waals surface area contributed by atoms with Crippen molar-refractivity contribution in [2.24, 2.45) is 0 Å². The van der Waals surface area contributed by atoms with Gasteiger partial charge in [0.05, 0.1) is 0 Å². The van der Waals surface area contributed by atoms with E-state index in [-0.39, 0.29) is 5.91 Å². The van der Waals surface area contributed by atoms with Gasteiger partial charge in [-0.15, -0.1) is 0 Å². The van der Waals surface area contributed by atoms with Crippen molar-refractivity contribution in [1.82, 2.24) is 10.2 Å². The highest BCUT2D eigenvalue weighted by Crippen LogP contribution is 2.18. The number of piperidine rings is 1. The third-order valence-corrected chi connectivity index (χ3v) is 4.52. The lowest BCUT2D eigenvalue weighted by Crippen LogP contribution is -2.47. The Kier molecular flexibility index (Phi) is 5.40. The Hall–Kier alpha value is -0.870. The first-order chi connectivity index (χ1) is 9.20. The van der Waals surface area contributed by atoms with Crippen molar-refractivity contribution >= 4 is 21.8 Å². The van der Waals surface area contributed by atoms with Gasteiger partial charge in [-0.3, -0.25) is 4.79 Å². The molecule has 0 bridgehead atoms. The van der Waals surface area contributed by atoms with Gasteiger partial charge in [0.1, 0.15) is 0 Å². The lowest BCUT2D eigenvalue weighted by Gasteiger charge is -2.32. The normalized spacial score (nSPS) is 19.5. The van der Waals surface area contributed by atoms with Crippen molar-refractivity contribution in [2.75, 3.05) is 20.1 Å². The molecule has 1 aliphatic rings. The molecule has 19 heavy (non-hydrogen) atoms. The maximum Gasteiger partial charge on any atom is 0.222 e. The molecule has 2 rings (SSSR count). The van der Waals surface area contributed by atoms with E-state index in [0.717, 1.165) is 30.4 Å². The van der Waals surface area contributed by atoms with Crippen molar-refractivity contribution in [3.8, 4) is 0 Å². The van der Waals surface area contributed by atoms with Crippen LogP contribution in [0.25, 0.3) is 0 Å². The van der Waals surface area contributed by atoms with Crippen LogP contribution in [0, 0.1) is 0 Å². The fraction of sp³-hybridized carbons (Fsp3) is 0.533. The molecule has 1 aromatic rings. The van der Waals surface area contributed by atoms with Crippen molar-refractivity contribution in [3.63, 3.8) is 0 Å². The molecule has 1 heterocycles. The number of hydrogen-bond donors (Lipinski definition) is 1. The average Bonchev–Trinajstić information content (AvgIpc) is 2.46. The van der Waals surface area contributed by atoms with E-state index in [1.54, 1.807) is 0 Å². The van der Waals surface area contributed by atoms with Gasteiger partial charge in [-0.05, 0) is 37.9 Å². The quantitative estimate of drug-likeness (QED) is 0.923. The van der Waals surface area contributed by atoms with Gasteiger partial charge < -0.3 is 10.2 Å². The molecule has 3 nitrogen and oxygen atoms in total. The maximum absolute atomic E-state index is 12.2. The number of nitrogens with one attached hydrogen (secondary N) is 1. The maximum atomic E-state index is 12.2. The van der Waals surface area contributed by atoms with Crippen molar-refractivity contribution in [1.29, 1.82) is 0 Å². The van der Waals surface area contributed by atoms with E-state index in [1.165, 1.54) is 12.0 Å². The zero-order valence-corrected chi connectivity index (χ0v) is 12.9. The summed E-state index contributed by atoms with van der Waals surface area (Å²) in [5, 5.41) is 3.27. The largest absolute Gasteiger partial charge is 0.341 e. The molecule has 0 saturated carbocycles. The van der Waals surface area contributed by atoms with Crippen molar-refractivity contribution < 1.29 is 4.79 Å². The summed E-state index contributed by atoms with van der Waals surface area (Å²) in [5.74, 6) is 0.274. The highest BCUT2D eigenvalue weighted by molar-refractivity contribution is 9.10. The van der Waals surface area contributed by atoms with E-state index in [2.05, 4.69) is 27.3 Å². The highest BCUT2D eigenvalue weighted by atomic mass is 79.9. The smallest absolute Gasteiger partial charge is 0.222 e. The molecule has 1 N–H and O–H groups in total. The number of benzene rings is 1. The number of carbonyl (C=O) groups excluding carboxylic acids is 1. The molecule has 104 valence electrons. The Bertz CT molecular complexity index is 436.